The summed E-state index contributed by atoms with van der Waals surface area (Å²) < 4.78 is 28.0. The maximum atomic E-state index is 13.6. The number of rotatable bonds is 14. The molecular weight excluding hydrogens is 586 g/mol. The Morgan fingerprint density at radius 3 is 2.22 bits per heavy atom. The van der Waals surface area contributed by atoms with Crippen molar-refractivity contribution in [3.05, 3.63) is 113 Å². The highest BCUT2D eigenvalue weighted by atomic mass is 32.2. The molecule has 8 nitrogen and oxygen atoms in total. The molecule has 0 aliphatic carbocycles. The SMILES string of the molecule is CCCCC(=O)Nc1ccc(-c2ccc(C(=O)CC(CCc3ccccc3)C(=O)NS(=O)(=O)c3ccc(C)cn3)c(C)c2)cc1. The summed E-state index contributed by atoms with van der Waals surface area (Å²) in [7, 11) is -4.21. The minimum atomic E-state index is -4.21. The number of pyridine rings is 1. The molecule has 0 radical (unpaired) electrons. The molecule has 3 aromatic carbocycles. The fourth-order valence-electron chi connectivity index (χ4n) is 4.99. The first kappa shape index (κ1) is 33.3. The summed E-state index contributed by atoms with van der Waals surface area (Å²) in [6.07, 6.45) is 4.35. The molecular formula is C36H39N3O5S. The highest BCUT2D eigenvalue weighted by Gasteiger charge is 2.28. The third-order valence-electron chi connectivity index (χ3n) is 7.61. The maximum absolute atomic E-state index is 13.6. The Labute approximate surface area is 265 Å². The molecule has 0 spiro atoms. The second-order valence-corrected chi connectivity index (χ2v) is 12.9. The van der Waals surface area contributed by atoms with Gasteiger partial charge in [0.1, 0.15) is 0 Å². The summed E-state index contributed by atoms with van der Waals surface area (Å²) in [6, 6.07) is 25.5. The van der Waals surface area contributed by atoms with E-state index < -0.39 is 21.8 Å². The van der Waals surface area contributed by atoms with Crippen LogP contribution in [0.5, 0.6) is 0 Å². The number of sulfonamides is 1. The zero-order valence-corrected chi connectivity index (χ0v) is 26.7. The van der Waals surface area contributed by atoms with Gasteiger partial charge in [-0.1, -0.05) is 80.1 Å². The van der Waals surface area contributed by atoms with E-state index in [-0.39, 0.29) is 29.6 Å². The third kappa shape index (κ3) is 9.43. The molecule has 1 heterocycles. The fourth-order valence-corrected chi connectivity index (χ4v) is 5.96. The number of nitrogens with one attached hydrogen (secondary N) is 2. The molecule has 0 fully saturated rings. The van der Waals surface area contributed by atoms with Gasteiger partial charge in [-0.3, -0.25) is 14.4 Å². The van der Waals surface area contributed by atoms with Crippen molar-refractivity contribution in [1.82, 2.24) is 9.71 Å². The molecule has 1 aromatic heterocycles. The van der Waals surface area contributed by atoms with Crippen molar-refractivity contribution in [3.8, 4) is 11.1 Å². The molecule has 0 aliphatic rings. The van der Waals surface area contributed by atoms with Gasteiger partial charge < -0.3 is 5.32 Å². The van der Waals surface area contributed by atoms with Crippen LogP contribution < -0.4 is 10.0 Å². The van der Waals surface area contributed by atoms with E-state index in [1.165, 1.54) is 12.3 Å². The van der Waals surface area contributed by atoms with E-state index in [1.807, 2.05) is 80.6 Å². The maximum Gasteiger partial charge on any atom is 0.281 e. The van der Waals surface area contributed by atoms with E-state index >= 15 is 0 Å². The number of benzene rings is 3. The summed E-state index contributed by atoms with van der Waals surface area (Å²) >= 11 is 0. The Balaban J connectivity index is 1.49. The molecule has 45 heavy (non-hydrogen) atoms. The molecule has 2 amide bonds. The topological polar surface area (TPSA) is 122 Å². The lowest BCUT2D eigenvalue weighted by Crippen LogP contribution is -2.37. The lowest BCUT2D eigenvalue weighted by atomic mass is 9.89. The van der Waals surface area contributed by atoms with Crippen LogP contribution in [0.25, 0.3) is 11.1 Å². The first-order valence-electron chi connectivity index (χ1n) is 15.1. The summed E-state index contributed by atoms with van der Waals surface area (Å²) in [5.41, 5.74) is 5.55. The van der Waals surface area contributed by atoms with Gasteiger partial charge in [0.2, 0.25) is 11.8 Å². The van der Waals surface area contributed by atoms with E-state index in [0.717, 1.165) is 46.3 Å². The van der Waals surface area contributed by atoms with Gasteiger partial charge in [0, 0.05) is 36.2 Å². The second kappa shape index (κ2) is 15.4. The van der Waals surface area contributed by atoms with Crippen LogP contribution in [0.4, 0.5) is 5.69 Å². The van der Waals surface area contributed by atoms with Gasteiger partial charge in [0.25, 0.3) is 10.0 Å². The highest BCUT2D eigenvalue weighted by molar-refractivity contribution is 7.90. The normalized spacial score (nSPS) is 11.9. The number of anilines is 1. The Morgan fingerprint density at radius 2 is 1.58 bits per heavy atom. The van der Waals surface area contributed by atoms with Crippen LogP contribution in [0, 0.1) is 19.8 Å². The quantitative estimate of drug-likeness (QED) is 0.148. The van der Waals surface area contributed by atoms with Gasteiger partial charge in [-0.25, -0.2) is 9.71 Å². The van der Waals surface area contributed by atoms with Crippen molar-refractivity contribution in [2.24, 2.45) is 5.92 Å². The number of amides is 2. The van der Waals surface area contributed by atoms with Crippen LogP contribution in [0.1, 0.15) is 66.1 Å². The highest BCUT2D eigenvalue weighted by Crippen LogP contribution is 2.26. The smallest absolute Gasteiger partial charge is 0.281 e. The first-order chi connectivity index (χ1) is 21.6. The first-order valence-corrected chi connectivity index (χ1v) is 16.6. The number of aromatic nitrogens is 1. The lowest BCUT2D eigenvalue weighted by Gasteiger charge is -2.17. The molecule has 0 aliphatic heterocycles. The number of carbonyl (C=O) groups excluding carboxylic acids is 3. The number of Topliss-reactive ketones (excluding diaryl/α,β-unsaturated/α-hetero) is 1. The Bertz CT molecular complexity index is 1740. The van der Waals surface area contributed by atoms with Gasteiger partial charge in [0.15, 0.2) is 10.8 Å². The molecule has 0 saturated heterocycles. The van der Waals surface area contributed by atoms with Crippen LogP contribution in [0.15, 0.2) is 96.2 Å². The van der Waals surface area contributed by atoms with Crippen molar-refractivity contribution >= 4 is 33.3 Å². The van der Waals surface area contributed by atoms with Crippen LogP contribution >= 0.6 is 0 Å². The largest absolute Gasteiger partial charge is 0.326 e. The van der Waals surface area contributed by atoms with Crippen molar-refractivity contribution in [2.45, 2.75) is 64.3 Å². The fraction of sp³-hybridized carbons (Fsp3) is 0.278. The average molecular weight is 626 g/mol. The van der Waals surface area contributed by atoms with Gasteiger partial charge in [-0.2, -0.15) is 8.42 Å². The summed E-state index contributed by atoms with van der Waals surface area (Å²) in [6.45, 7) is 5.67. The molecule has 1 atom stereocenters. The molecule has 4 aromatic rings. The number of aryl methyl sites for hydroxylation is 3. The predicted molar refractivity (Wildman–Crippen MR) is 176 cm³/mol. The van der Waals surface area contributed by atoms with Crippen molar-refractivity contribution in [1.29, 1.82) is 0 Å². The van der Waals surface area contributed by atoms with Crippen molar-refractivity contribution in [3.63, 3.8) is 0 Å². The Hall–Kier alpha value is -4.63. The zero-order valence-electron chi connectivity index (χ0n) is 25.9. The lowest BCUT2D eigenvalue weighted by molar-refractivity contribution is -0.123. The van der Waals surface area contributed by atoms with Crippen molar-refractivity contribution < 1.29 is 22.8 Å². The number of carbonyl (C=O) groups is 3. The van der Waals surface area contributed by atoms with Crippen LogP contribution in [-0.4, -0.2) is 31.0 Å². The summed E-state index contributed by atoms with van der Waals surface area (Å²) in [5, 5.41) is 2.65. The average Bonchev–Trinajstić information content (AvgIpc) is 3.02. The van der Waals surface area contributed by atoms with Crippen molar-refractivity contribution in [2.75, 3.05) is 5.32 Å². The third-order valence-corrected chi connectivity index (χ3v) is 8.87. The van der Waals surface area contributed by atoms with Crippen LogP contribution in [0.3, 0.4) is 0 Å². The van der Waals surface area contributed by atoms with E-state index in [1.54, 1.807) is 19.1 Å². The van der Waals surface area contributed by atoms with E-state index in [9.17, 15) is 22.8 Å². The van der Waals surface area contributed by atoms with Crippen LogP contribution in [0.2, 0.25) is 0 Å². The Morgan fingerprint density at radius 1 is 0.867 bits per heavy atom. The molecule has 4 rings (SSSR count). The molecule has 9 heteroatoms. The van der Waals surface area contributed by atoms with E-state index in [4.69, 9.17) is 0 Å². The molecule has 234 valence electrons. The molecule has 2 N–H and O–H groups in total. The van der Waals surface area contributed by atoms with Crippen LogP contribution in [-0.2, 0) is 26.0 Å². The van der Waals surface area contributed by atoms with Gasteiger partial charge >= 0.3 is 0 Å². The van der Waals surface area contributed by atoms with Gasteiger partial charge in [-0.15, -0.1) is 0 Å². The monoisotopic (exact) mass is 625 g/mol. The second-order valence-electron chi connectivity index (χ2n) is 11.3. The minimum Gasteiger partial charge on any atom is -0.326 e. The number of hydrogen-bond acceptors (Lipinski definition) is 6. The number of hydrogen-bond donors (Lipinski definition) is 2. The number of ketones is 1. The minimum absolute atomic E-state index is 0.0107. The standard InChI is InChI=1S/C36H39N3O5S/c1-4-5-11-34(41)38-31-18-15-28(16-19-31)29-17-20-32(26(3)22-29)33(40)23-30(14-13-27-9-7-6-8-10-27)36(42)39-45(43,44)35-21-12-25(2)24-37-35/h6-10,12,15-22,24,30H,4-5,11,13-14,23H2,1-3H3,(H,38,41)(H,39,42). The zero-order chi connectivity index (χ0) is 32.4. The summed E-state index contributed by atoms with van der Waals surface area (Å²) in [4.78, 5) is 42.9. The van der Waals surface area contributed by atoms with E-state index in [0.29, 0.717) is 18.4 Å². The number of nitrogens with zero attached hydrogens (tertiary/aromatic N) is 1. The summed E-state index contributed by atoms with van der Waals surface area (Å²) in [5.74, 6) is -1.87. The van der Waals surface area contributed by atoms with Gasteiger partial charge in [0.05, 0.1) is 0 Å². The Kier molecular flexibility index (Phi) is 11.4. The molecule has 1 unspecified atom stereocenters. The van der Waals surface area contributed by atoms with Gasteiger partial charge in [-0.05, 0) is 79.1 Å². The molecule has 0 bridgehead atoms. The number of unbranched alkanes of at least 4 members (excludes halogenated alkanes) is 1. The molecule has 0 saturated carbocycles. The van der Waals surface area contributed by atoms with E-state index in [2.05, 4.69) is 15.0 Å². The predicted octanol–water partition coefficient (Wildman–Crippen LogP) is 6.82.